The van der Waals surface area contributed by atoms with Crippen LogP contribution in [0.4, 0.5) is 0 Å². The maximum atomic E-state index is 12.0. The normalized spacial score (nSPS) is 11.2. The Bertz CT molecular complexity index is 374. The maximum absolute atomic E-state index is 12.0. The fourth-order valence-electron chi connectivity index (χ4n) is 1.23. The lowest BCUT2D eigenvalue weighted by Crippen LogP contribution is -2.33. The van der Waals surface area contributed by atoms with Crippen LogP contribution in [0.15, 0.2) is 18.5 Å². The number of Topliss-reactive ketones (excluding diaryl/α,β-unsaturated/α-hetero) is 1. The fourth-order valence-corrected chi connectivity index (χ4v) is 1.23. The summed E-state index contributed by atoms with van der Waals surface area (Å²) in [6.07, 6.45) is 3.10. The van der Waals surface area contributed by atoms with Gasteiger partial charge in [-0.05, 0) is 26.8 Å². The van der Waals surface area contributed by atoms with E-state index in [1.165, 1.54) is 13.3 Å². The van der Waals surface area contributed by atoms with Crippen LogP contribution in [0.2, 0.25) is 0 Å². The van der Waals surface area contributed by atoms with Crippen molar-refractivity contribution in [3.8, 4) is 5.75 Å². The van der Waals surface area contributed by atoms with E-state index in [9.17, 15) is 4.79 Å². The van der Waals surface area contributed by atoms with Gasteiger partial charge < -0.3 is 9.47 Å². The van der Waals surface area contributed by atoms with Crippen LogP contribution >= 0.6 is 0 Å². The number of nitrogens with zero attached hydrogens (tertiary/aromatic N) is 1. The van der Waals surface area contributed by atoms with Crippen molar-refractivity contribution in [2.24, 2.45) is 0 Å². The number of ether oxygens (including phenoxy) is 2. The molecule has 16 heavy (non-hydrogen) atoms. The third kappa shape index (κ3) is 2.79. The molecule has 0 aliphatic carbocycles. The highest BCUT2D eigenvalue weighted by molar-refractivity contribution is 6.01. The van der Waals surface area contributed by atoms with Gasteiger partial charge in [-0.3, -0.25) is 9.78 Å². The summed E-state index contributed by atoms with van der Waals surface area (Å²) in [5.74, 6) is 0.490. The van der Waals surface area contributed by atoms with Crippen LogP contribution in [-0.2, 0) is 4.74 Å². The molecule has 1 aromatic heterocycles. The number of rotatable bonds is 5. The van der Waals surface area contributed by atoms with Gasteiger partial charge in [-0.2, -0.15) is 0 Å². The number of hydrogen-bond donors (Lipinski definition) is 0. The predicted octanol–water partition coefficient (Wildman–Crippen LogP) is 2.09. The van der Waals surface area contributed by atoms with Crippen molar-refractivity contribution < 1.29 is 14.3 Å². The Morgan fingerprint density at radius 3 is 2.69 bits per heavy atom. The van der Waals surface area contributed by atoms with Crippen LogP contribution in [0.3, 0.4) is 0 Å². The number of carbonyl (C=O) groups is 1. The molecule has 0 aliphatic heterocycles. The average molecular weight is 223 g/mol. The lowest BCUT2D eigenvalue weighted by Gasteiger charge is -2.21. The smallest absolute Gasteiger partial charge is 0.195 e. The molecule has 1 rings (SSSR count). The molecule has 0 amide bonds. The third-order valence-electron chi connectivity index (χ3n) is 2.34. The van der Waals surface area contributed by atoms with Gasteiger partial charge in [0.15, 0.2) is 5.78 Å². The highest BCUT2D eigenvalue weighted by Crippen LogP contribution is 2.19. The minimum atomic E-state index is -0.841. The zero-order chi connectivity index (χ0) is 12.2. The second-order valence-corrected chi connectivity index (χ2v) is 3.89. The van der Waals surface area contributed by atoms with Gasteiger partial charge in [0, 0.05) is 18.9 Å². The molecular formula is C12H17NO3. The summed E-state index contributed by atoms with van der Waals surface area (Å²) in [5.41, 5.74) is -0.343. The van der Waals surface area contributed by atoms with Gasteiger partial charge in [0.1, 0.15) is 11.4 Å². The highest BCUT2D eigenvalue weighted by Gasteiger charge is 2.28. The van der Waals surface area contributed by atoms with Crippen molar-refractivity contribution in [1.29, 1.82) is 0 Å². The van der Waals surface area contributed by atoms with Gasteiger partial charge >= 0.3 is 0 Å². The summed E-state index contributed by atoms with van der Waals surface area (Å²) in [6, 6.07) is 1.68. The third-order valence-corrected chi connectivity index (χ3v) is 2.34. The van der Waals surface area contributed by atoms with Crippen LogP contribution in [0.1, 0.15) is 31.1 Å². The van der Waals surface area contributed by atoms with Crippen LogP contribution in [0.5, 0.6) is 5.75 Å². The molecular weight excluding hydrogens is 206 g/mol. The second kappa shape index (κ2) is 5.07. The Morgan fingerprint density at radius 1 is 1.44 bits per heavy atom. The molecule has 4 nitrogen and oxygen atoms in total. The molecule has 0 saturated carbocycles. The summed E-state index contributed by atoms with van der Waals surface area (Å²) in [5, 5.41) is 0. The standard InChI is InChI=1S/C12H17NO3/c1-5-16-10-6-9(7-13-8-10)11(14)12(2,3)15-4/h6-8H,5H2,1-4H3. The van der Waals surface area contributed by atoms with Crippen molar-refractivity contribution in [3.05, 3.63) is 24.0 Å². The summed E-state index contributed by atoms with van der Waals surface area (Å²) < 4.78 is 10.4. The molecule has 0 unspecified atom stereocenters. The first kappa shape index (κ1) is 12.6. The minimum absolute atomic E-state index is 0.107. The van der Waals surface area contributed by atoms with Crippen molar-refractivity contribution in [3.63, 3.8) is 0 Å². The van der Waals surface area contributed by atoms with E-state index < -0.39 is 5.60 Å². The van der Waals surface area contributed by atoms with E-state index >= 15 is 0 Å². The van der Waals surface area contributed by atoms with Crippen molar-refractivity contribution >= 4 is 5.78 Å². The van der Waals surface area contributed by atoms with Gasteiger partial charge in [0.25, 0.3) is 0 Å². The molecule has 1 heterocycles. The molecule has 0 bridgehead atoms. The number of pyridine rings is 1. The second-order valence-electron chi connectivity index (χ2n) is 3.89. The van der Waals surface area contributed by atoms with Gasteiger partial charge in [-0.15, -0.1) is 0 Å². The van der Waals surface area contributed by atoms with Gasteiger partial charge in [-0.25, -0.2) is 0 Å². The average Bonchev–Trinajstić information content (AvgIpc) is 2.29. The molecule has 0 aromatic carbocycles. The van der Waals surface area contributed by atoms with Crippen LogP contribution in [0, 0.1) is 0 Å². The molecule has 0 saturated heterocycles. The molecule has 0 fully saturated rings. The van der Waals surface area contributed by atoms with Crippen LogP contribution < -0.4 is 4.74 Å². The van der Waals surface area contributed by atoms with Crippen molar-refractivity contribution in [2.45, 2.75) is 26.4 Å². The van der Waals surface area contributed by atoms with Crippen LogP contribution in [0.25, 0.3) is 0 Å². The first-order chi connectivity index (χ1) is 7.51. The quantitative estimate of drug-likeness (QED) is 0.717. The van der Waals surface area contributed by atoms with E-state index in [1.54, 1.807) is 26.1 Å². The first-order valence-electron chi connectivity index (χ1n) is 5.19. The van der Waals surface area contributed by atoms with E-state index in [0.717, 1.165) is 0 Å². The topological polar surface area (TPSA) is 48.4 Å². The van der Waals surface area contributed by atoms with Gasteiger partial charge in [0.2, 0.25) is 0 Å². The Labute approximate surface area is 95.6 Å². The first-order valence-corrected chi connectivity index (χ1v) is 5.19. The van der Waals surface area contributed by atoms with Crippen molar-refractivity contribution in [2.75, 3.05) is 13.7 Å². The monoisotopic (exact) mass is 223 g/mol. The summed E-state index contributed by atoms with van der Waals surface area (Å²) in [6.45, 7) is 5.88. The predicted molar refractivity (Wildman–Crippen MR) is 60.8 cm³/mol. The minimum Gasteiger partial charge on any atom is -0.492 e. The zero-order valence-electron chi connectivity index (χ0n) is 10.1. The molecule has 88 valence electrons. The summed E-state index contributed by atoms with van der Waals surface area (Å²) >= 11 is 0. The van der Waals surface area contributed by atoms with E-state index in [0.29, 0.717) is 17.9 Å². The van der Waals surface area contributed by atoms with E-state index in [1.807, 2.05) is 6.92 Å². The van der Waals surface area contributed by atoms with Crippen molar-refractivity contribution in [1.82, 2.24) is 4.98 Å². The number of aromatic nitrogens is 1. The number of hydrogen-bond acceptors (Lipinski definition) is 4. The Hall–Kier alpha value is -1.42. The molecule has 0 atom stereocenters. The van der Waals surface area contributed by atoms with E-state index in [2.05, 4.69) is 4.98 Å². The summed E-state index contributed by atoms with van der Waals surface area (Å²) in [4.78, 5) is 16.0. The van der Waals surface area contributed by atoms with E-state index in [4.69, 9.17) is 9.47 Å². The fraction of sp³-hybridized carbons (Fsp3) is 0.500. The molecule has 0 radical (unpaired) electrons. The van der Waals surface area contributed by atoms with Crippen LogP contribution in [-0.4, -0.2) is 30.1 Å². The lowest BCUT2D eigenvalue weighted by molar-refractivity contribution is 0.0227. The number of ketones is 1. The lowest BCUT2D eigenvalue weighted by atomic mass is 9.98. The zero-order valence-corrected chi connectivity index (χ0v) is 10.1. The molecule has 4 heteroatoms. The Balaban J connectivity index is 2.96. The SMILES string of the molecule is CCOc1cncc(C(=O)C(C)(C)OC)c1. The Kier molecular flexibility index (Phi) is 4.01. The number of methoxy groups -OCH3 is 1. The Morgan fingerprint density at radius 2 is 2.12 bits per heavy atom. The van der Waals surface area contributed by atoms with E-state index in [-0.39, 0.29) is 5.78 Å². The number of carbonyl (C=O) groups excluding carboxylic acids is 1. The largest absolute Gasteiger partial charge is 0.492 e. The maximum Gasteiger partial charge on any atom is 0.195 e. The molecule has 0 N–H and O–H groups in total. The van der Waals surface area contributed by atoms with Gasteiger partial charge in [0.05, 0.1) is 12.8 Å². The summed E-state index contributed by atoms with van der Waals surface area (Å²) in [7, 11) is 1.51. The molecule has 0 aliphatic rings. The van der Waals surface area contributed by atoms with Gasteiger partial charge in [-0.1, -0.05) is 0 Å². The molecule has 1 aromatic rings. The molecule has 0 spiro atoms. The highest BCUT2D eigenvalue weighted by atomic mass is 16.5.